The van der Waals surface area contributed by atoms with Crippen LogP contribution in [0.4, 0.5) is 0 Å². The fraction of sp³-hybridized carbons (Fsp3) is 0.954. The smallest absolute Gasteiger partial charge is 0.462 e. The van der Waals surface area contributed by atoms with Gasteiger partial charge in [-0.2, -0.15) is 0 Å². The molecule has 0 saturated heterocycles. The summed E-state index contributed by atoms with van der Waals surface area (Å²) in [5.74, 6) is 0.258. The van der Waals surface area contributed by atoms with Crippen LogP contribution < -0.4 is 0 Å². The molecule has 630 valence electrons. The van der Waals surface area contributed by atoms with Gasteiger partial charge in [-0.3, -0.25) is 37.3 Å². The molecule has 0 spiro atoms. The lowest BCUT2D eigenvalue weighted by Crippen LogP contribution is -2.30. The monoisotopic (exact) mass is 1550 g/mol. The molecule has 3 unspecified atom stereocenters. The highest BCUT2D eigenvalue weighted by atomic mass is 31.2. The maximum absolute atomic E-state index is 13.2. The maximum Gasteiger partial charge on any atom is 0.472 e. The Hall–Kier alpha value is -1.94. The number of hydrogen-bond donors (Lipinski definition) is 3. The number of carbonyl (C=O) groups is 4. The van der Waals surface area contributed by atoms with Gasteiger partial charge in [-0.1, -0.05) is 408 Å². The molecule has 0 fully saturated rings. The van der Waals surface area contributed by atoms with Crippen molar-refractivity contribution in [3.05, 3.63) is 0 Å². The van der Waals surface area contributed by atoms with E-state index in [9.17, 15) is 43.2 Å². The van der Waals surface area contributed by atoms with Gasteiger partial charge in [0.1, 0.15) is 19.3 Å². The Bertz CT molecular complexity index is 2050. The summed E-state index contributed by atoms with van der Waals surface area (Å²) < 4.78 is 68.9. The molecule has 6 atom stereocenters. The zero-order chi connectivity index (χ0) is 77.9. The van der Waals surface area contributed by atoms with E-state index in [4.69, 9.17) is 37.0 Å². The van der Waals surface area contributed by atoms with Crippen LogP contribution in [-0.2, 0) is 65.4 Å². The second kappa shape index (κ2) is 77.0. The van der Waals surface area contributed by atoms with Crippen molar-refractivity contribution in [2.45, 2.75) is 478 Å². The van der Waals surface area contributed by atoms with Crippen LogP contribution in [0.25, 0.3) is 0 Å². The van der Waals surface area contributed by atoms with Crippen LogP contribution >= 0.6 is 15.6 Å². The van der Waals surface area contributed by atoms with Crippen LogP contribution in [0.3, 0.4) is 0 Å². The predicted octanol–water partition coefficient (Wildman–Crippen LogP) is 26.5. The topological polar surface area (TPSA) is 237 Å². The number of aliphatic hydroxyl groups is 1. The Morgan fingerprint density at radius 1 is 0.274 bits per heavy atom. The summed E-state index contributed by atoms with van der Waals surface area (Å²) in [6.07, 6.45) is 68.1. The van der Waals surface area contributed by atoms with E-state index in [1.54, 1.807) is 0 Å². The van der Waals surface area contributed by atoms with Crippen LogP contribution in [-0.4, -0.2) is 96.7 Å². The quantitative estimate of drug-likeness (QED) is 0.0222. The molecule has 0 aliphatic heterocycles. The van der Waals surface area contributed by atoms with Gasteiger partial charge in [-0.25, -0.2) is 9.13 Å². The summed E-state index contributed by atoms with van der Waals surface area (Å²) in [7, 11) is -9.93. The minimum Gasteiger partial charge on any atom is -0.462 e. The van der Waals surface area contributed by atoms with Crippen molar-refractivity contribution in [1.29, 1.82) is 0 Å². The lowest BCUT2D eigenvalue weighted by molar-refractivity contribution is -0.161. The summed E-state index contributed by atoms with van der Waals surface area (Å²) in [6, 6.07) is 0. The van der Waals surface area contributed by atoms with Gasteiger partial charge in [-0.15, -0.1) is 0 Å². The van der Waals surface area contributed by atoms with E-state index >= 15 is 0 Å². The number of ether oxygens (including phenoxy) is 4. The molecule has 106 heavy (non-hydrogen) atoms. The number of phosphoric ester groups is 2. The van der Waals surface area contributed by atoms with Crippen molar-refractivity contribution >= 4 is 39.5 Å². The largest absolute Gasteiger partial charge is 0.472 e. The molecule has 0 aromatic heterocycles. The third kappa shape index (κ3) is 78.7. The van der Waals surface area contributed by atoms with Crippen molar-refractivity contribution in [2.24, 2.45) is 17.8 Å². The molecule has 0 aromatic carbocycles. The van der Waals surface area contributed by atoms with Crippen molar-refractivity contribution in [3.8, 4) is 0 Å². The lowest BCUT2D eigenvalue weighted by Gasteiger charge is -2.21. The number of esters is 4. The highest BCUT2D eigenvalue weighted by molar-refractivity contribution is 7.47. The van der Waals surface area contributed by atoms with Crippen LogP contribution in [0.2, 0.25) is 0 Å². The fourth-order valence-corrected chi connectivity index (χ4v) is 15.1. The number of carbonyl (C=O) groups excluding carboxylic acids is 4. The minimum atomic E-state index is -4.97. The molecule has 0 amide bonds. The first-order valence-corrected chi connectivity index (χ1v) is 47.9. The molecule has 0 saturated carbocycles. The summed E-state index contributed by atoms with van der Waals surface area (Å²) >= 11 is 0. The van der Waals surface area contributed by atoms with Crippen LogP contribution in [0, 0.1) is 17.8 Å². The second-order valence-electron chi connectivity index (χ2n) is 32.5. The number of phosphoric acid groups is 2. The highest BCUT2D eigenvalue weighted by Gasteiger charge is 2.31. The van der Waals surface area contributed by atoms with Gasteiger partial charge >= 0.3 is 39.5 Å². The number of aliphatic hydroxyl groups excluding tert-OH is 1. The number of rotatable bonds is 85. The summed E-state index contributed by atoms with van der Waals surface area (Å²) in [6.45, 7) is 12.0. The predicted molar refractivity (Wildman–Crippen MR) is 437 cm³/mol. The average Bonchev–Trinajstić information content (AvgIpc) is 0.909. The van der Waals surface area contributed by atoms with Crippen LogP contribution in [0.15, 0.2) is 0 Å². The summed E-state index contributed by atoms with van der Waals surface area (Å²) in [5.41, 5.74) is 0. The van der Waals surface area contributed by atoms with Gasteiger partial charge in [0.2, 0.25) is 0 Å². The molecular formula is C87H170O17P2. The molecule has 0 aliphatic carbocycles. The molecule has 0 bridgehead atoms. The van der Waals surface area contributed by atoms with Gasteiger partial charge in [0, 0.05) is 25.7 Å². The highest BCUT2D eigenvalue weighted by Crippen LogP contribution is 2.45. The van der Waals surface area contributed by atoms with Gasteiger partial charge < -0.3 is 33.8 Å². The molecule has 0 aliphatic rings. The Morgan fingerprint density at radius 2 is 0.481 bits per heavy atom. The first-order valence-electron chi connectivity index (χ1n) is 44.9. The van der Waals surface area contributed by atoms with E-state index in [0.29, 0.717) is 25.7 Å². The number of hydrogen-bond acceptors (Lipinski definition) is 15. The molecule has 3 N–H and O–H groups in total. The van der Waals surface area contributed by atoms with E-state index < -0.39 is 97.5 Å². The Kier molecular flexibility index (Phi) is 75.6. The number of unbranched alkanes of at least 4 members (excludes halogenated alkanes) is 52. The van der Waals surface area contributed by atoms with E-state index in [2.05, 4.69) is 48.5 Å². The minimum absolute atomic E-state index is 0.107. The molecular weight excluding hydrogens is 1380 g/mol. The van der Waals surface area contributed by atoms with Crippen molar-refractivity contribution in [3.63, 3.8) is 0 Å². The zero-order valence-corrected chi connectivity index (χ0v) is 71.7. The maximum atomic E-state index is 13.2. The van der Waals surface area contributed by atoms with Crippen molar-refractivity contribution in [2.75, 3.05) is 39.6 Å². The third-order valence-electron chi connectivity index (χ3n) is 20.7. The van der Waals surface area contributed by atoms with E-state index in [1.807, 2.05) is 0 Å². The SMILES string of the molecule is CCCCCCCCCCCCCCCCCCCCCCCC(=O)O[C@H](COC(=O)CCCCCCCCCCCCCCCCC(C)CC)COP(=O)(O)OC[C@@H](O)COP(=O)(O)OC[C@@H](COC(=O)CCCCCCCCCCC(C)C)OC(=O)CCCCCCCCCCCCCCCC(C)C. The Labute approximate surface area is 651 Å². The molecule has 0 aromatic rings. The molecule has 0 rings (SSSR count). The molecule has 17 nitrogen and oxygen atoms in total. The fourth-order valence-electron chi connectivity index (χ4n) is 13.5. The molecule has 19 heteroatoms. The van der Waals surface area contributed by atoms with Gasteiger partial charge in [0.25, 0.3) is 0 Å². The van der Waals surface area contributed by atoms with Gasteiger partial charge in [-0.05, 0) is 43.4 Å². The first-order chi connectivity index (χ1) is 51.3. The van der Waals surface area contributed by atoms with Crippen LogP contribution in [0.5, 0.6) is 0 Å². The Morgan fingerprint density at radius 3 is 0.717 bits per heavy atom. The second-order valence-corrected chi connectivity index (χ2v) is 35.4. The lowest BCUT2D eigenvalue weighted by atomic mass is 9.99. The van der Waals surface area contributed by atoms with Crippen molar-refractivity contribution < 1.29 is 80.2 Å². The third-order valence-corrected chi connectivity index (χ3v) is 22.6. The molecule has 0 heterocycles. The normalized spacial score (nSPS) is 14.1. The first kappa shape index (κ1) is 104. The standard InChI is InChI=1S/C87H170O17P2/c1-8-10-11-12-13-14-15-16-17-18-19-20-21-22-23-30-35-40-49-56-63-70-86(91)103-82(74-97-84(89)68-61-54-47-39-34-29-25-24-28-33-38-46-53-60-67-80(7)9-2)76-101-105(93,94)99-72-81(88)73-100-106(95,96)102-77-83(75-98-85(90)69-62-55-48-43-42-45-52-59-66-79(5)6)104-87(92)71-64-57-50-41-36-31-26-27-32-37-44-51-58-65-78(3)4/h78-83,88H,8-77H2,1-7H3,(H,93,94)(H,95,96)/t80?,81-,82-,83-/m1/s1. The zero-order valence-electron chi connectivity index (χ0n) is 69.9. The van der Waals surface area contributed by atoms with Crippen LogP contribution in [0.1, 0.15) is 459 Å². The average molecular weight is 1550 g/mol. The van der Waals surface area contributed by atoms with Crippen molar-refractivity contribution in [1.82, 2.24) is 0 Å². The summed E-state index contributed by atoms with van der Waals surface area (Å²) in [5, 5.41) is 10.7. The van der Waals surface area contributed by atoms with E-state index in [0.717, 1.165) is 108 Å². The van der Waals surface area contributed by atoms with E-state index in [-0.39, 0.29) is 25.7 Å². The van der Waals surface area contributed by atoms with E-state index in [1.165, 1.54) is 270 Å². The molecule has 0 radical (unpaired) electrons. The van der Waals surface area contributed by atoms with Gasteiger partial charge in [0.15, 0.2) is 12.2 Å². The van der Waals surface area contributed by atoms with Gasteiger partial charge in [0.05, 0.1) is 26.4 Å². The Balaban J connectivity index is 5.25. The summed E-state index contributed by atoms with van der Waals surface area (Å²) in [4.78, 5) is 73.3.